The first-order valence-electron chi connectivity index (χ1n) is 4.38. The first-order chi connectivity index (χ1) is 5.91. The summed E-state index contributed by atoms with van der Waals surface area (Å²) in [5.74, 6) is 0. The minimum absolute atomic E-state index is 0.462. The number of hydrogen-bond donors (Lipinski definition) is 2. The van der Waals surface area contributed by atoms with Crippen LogP contribution in [0.4, 0.5) is 0 Å². The molecule has 0 aromatic carbocycles. The van der Waals surface area contributed by atoms with Gasteiger partial charge in [-0.2, -0.15) is 0 Å². The number of carbonyl (C=O) groups is 1. The van der Waals surface area contributed by atoms with Gasteiger partial charge in [-0.25, -0.2) is 0 Å². The van der Waals surface area contributed by atoms with Crippen molar-refractivity contribution in [1.29, 1.82) is 0 Å². The second-order valence-electron chi connectivity index (χ2n) is 2.47. The van der Waals surface area contributed by atoms with E-state index in [0.717, 1.165) is 32.6 Å². The van der Waals surface area contributed by atoms with Crippen molar-refractivity contribution in [3.8, 4) is 0 Å². The first-order valence-corrected chi connectivity index (χ1v) is 4.38. The van der Waals surface area contributed by atoms with Crippen LogP contribution in [0.25, 0.3) is 0 Å². The number of carbonyl (C=O) groups excluding carboxylic acids is 1. The molecule has 1 aliphatic heterocycles. The molecule has 0 saturated carbocycles. The van der Waals surface area contributed by atoms with Crippen LogP contribution in [-0.4, -0.2) is 39.3 Å². The van der Waals surface area contributed by atoms with Crippen LogP contribution >= 0.6 is 0 Å². The number of ether oxygens (including phenoxy) is 1. The number of hydrogen-bond acceptors (Lipinski definition) is 4. The summed E-state index contributed by atoms with van der Waals surface area (Å²) in [6.45, 7) is 7.51. The van der Waals surface area contributed by atoms with Crippen molar-refractivity contribution >= 4 is 6.47 Å². The molecule has 2 N–H and O–H groups in total. The predicted octanol–water partition coefficient (Wildman–Crippen LogP) is -0.251. The van der Waals surface area contributed by atoms with Crippen molar-refractivity contribution in [3.05, 3.63) is 0 Å². The van der Waals surface area contributed by atoms with E-state index in [-0.39, 0.29) is 0 Å². The normalized spacial score (nSPS) is 15.8. The van der Waals surface area contributed by atoms with Gasteiger partial charge in [-0.05, 0) is 6.42 Å². The highest BCUT2D eigenvalue weighted by molar-refractivity contribution is 5.36. The smallest absolute Gasteiger partial charge is 0.293 e. The summed E-state index contributed by atoms with van der Waals surface area (Å²) < 4.78 is 4.30. The Bertz CT molecular complexity index is 83.5. The molecule has 1 rings (SSSR count). The fourth-order valence-corrected chi connectivity index (χ4v) is 0.770. The van der Waals surface area contributed by atoms with Gasteiger partial charge < -0.3 is 15.4 Å². The van der Waals surface area contributed by atoms with E-state index >= 15 is 0 Å². The van der Waals surface area contributed by atoms with Gasteiger partial charge in [0.15, 0.2) is 0 Å². The van der Waals surface area contributed by atoms with Crippen LogP contribution in [0.1, 0.15) is 13.3 Å². The molecule has 4 heteroatoms. The molecule has 0 amide bonds. The third-order valence-corrected chi connectivity index (χ3v) is 1.35. The Balaban J connectivity index is 0.000000202. The molecule has 1 fully saturated rings. The molecule has 1 heterocycles. The van der Waals surface area contributed by atoms with Crippen LogP contribution in [-0.2, 0) is 9.53 Å². The van der Waals surface area contributed by atoms with Crippen molar-refractivity contribution in [2.75, 3.05) is 32.8 Å². The third-order valence-electron chi connectivity index (χ3n) is 1.35. The van der Waals surface area contributed by atoms with Gasteiger partial charge in [0.05, 0.1) is 6.61 Å². The van der Waals surface area contributed by atoms with E-state index in [4.69, 9.17) is 0 Å². The molecule has 0 aromatic rings. The minimum atomic E-state index is 0.462. The zero-order chi connectivity index (χ0) is 9.07. The predicted molar refractivity (Wildman–Crippen MR) is 48.0 cm³/mol. The molecule has 0 unspecified atom stereocenters. The Labute approximate surface area is 73.7 Å². The lowest BCUT2D eigenvalue weighted by molar-refractivity contribution is -0.128. The summed E-state index contributed by atoms with van der Waals surface area (Å²) in [6.07, 6.45) is 0.902. The van der Waals surface area contributed by atoms with Crippen molar-refractivity contribution in [2.45, 2.75) is 13.3 Å². The minimum Gasteiger partial charge on any atom is -0.468 e. The van der Waals surface area contributed by atoms with Crippen molar-refractivity contribution in [2.24, 2.45) is 0 Å². The standard InChI is InChI=1S/C4H10N2.C4H8O2/c1-2-6-4-3-5-1;1-2-3-6-4-5/h5-6H,1-4H2;4H,2-3H2,1H3. The van der Waals surface area contributed by atoms with E-state index in [1.54, 1.807) is 0 Å². The Morgan fingerprint density at radius 1 is 1.25 bits per heavy atom. The highest BCUT2D eigenvalue weighted by atomic mass is 16.5. The van der Waals surface area contributed by atoms with E-state index in [2.05, 4.69) is 15.4 Å². The largest absolute Gasteiger partial charge is 0.468 e. The van der Waals surface area contributed by atoms with Gasteiger partial charge in [0.1, 0.15) is 0 Å². The summed E-state index contributed by atoms with van der Waals surface area (Å²) in [5.41, 5.74) is 0. The summed E-state index contributed by atoms with van der Waals surface area (Å²) in [4.78, 5) is 9.34. The molecule has 0 aliphatic carbocycles. The average molecular weight is 174 g/mol. The Kier molecular flexibility index (Phi) is 9.86. The molecular weight excluding hydrogens is 156 g/mol. The lowest BCUT2D eigenvalue weighted by Gasteiger charge is -2.11. The number of rotatable bonds is 3. The van der Waals surface area contributed by atoms with Crippen LogP contribution in [0.3, 0.4) is 0 Å². The molecule has 0 spiro atoms. The second kappa shape index (κ2) is 10.4. The Morgan fingerprint density at radius 2 is 1.75 bits per heavy atom. The van der Waals surface area contributed by atoms with Crippen LogP contribution < -0.4 is 10.6 Å². The van der Waals surface area contributed by atoms with E-state index in [1.165, 1.54) is 0 Å². The van der Waals surface area contributed by atoms with Crippen LogP contribution in [0, 0.1) is 0 Å². The van der Waals surface area contributed by atoms with Crippen molar-refractivity contribution < 1.29 is 9.53 Å². The molecule has 0 bridgehead atoms. The molecule has 0 radical (unpaired) electrons. The van der Waals surface area contributed by atoms with E-state index in [1.807, 2.05) is 6.92 Å². The lowest BCUT2D eigenvalue weighted by Crippen LogP contribution is -2.39. The zero-order valence-corrected chi connectivity index (χ0v) is 7.64. The molecule has 0 aromatic heterocycles. The van der Waals surface area contributed by atoms with Crippen LogP contribution in [0.15, 0.2) is 0 Å². The lowest BCUT2D eigenvalue weighted by atomic mass is 10.4. The first kappa shape index (κ1) is 11.4. The maximum absolute atomic E-state index is 9.34. The fraction of sp³-hybridized carbons (Fsp3) is 0.875. The Morgan fingerprint density at radius 3 is 1.92 bits per heavy atom. The highest BCUT2D eigenvalue weighted by Crippen LogP contribution is 1.71. The topological polar surface area (TPSA) is 50.4 Å². The van der Waals surface area contributed by atoms with Gasteiger partial charge in [-0.15, -0.1) is 0 Å². The van der Waals surface area contributed by atoms with Gasteiger partial charge in [-0.3, -0.25) is 4.79 Å². The van der Waals surface area contributed by atoms with Crippen LogP contribution in [0.5, 0.6) is 0 Å². The summed E-state index contributed by atoms with van der Waals surface area (Å²) >= 11 is 0. The molecular formula is C8H18N2O2. The average Bonchev–Trinajstić information content (AvgIpc) is 2.18. The summed E-state index contributed by atoms with van der Waals surface area (Å²) in [6, 6.07) is 0. The third kappa shape index (κ3) is 9.39. The molecule has 4 nitrogen and oxygen atoms in total. The van der Waals surface area contributed by atoms with E-state index in [0.29, 0.717) is 13.1 Å². The number of piperazine rings is 1. The maximum Gasteiger partial charge on any atom is 0.293 e. The van der Waals surface area contributed by atoms with E-state index < -0.39 is 0 Å². The quantitative estimate of drug-likeness (QED) is 0.457. The van der Waals surface area contributed by atoms with Gasteiger partial charge in [-0.1, -0.05) is 6.92 Å². The molecule has 0 atom stereocenters. The molecule has 1 saturated heterocycles. The summed E-state index contributed by atoms with van der Waals surface area (Å²) in [5, 5.41) is 6.44. The zero-order valence-electron chi connectivity index (χ0n) is 7.64. The highest BCUT2D eigenvalue weighted by Gasteiger charge is 1.91. The second-order valence-corrected chi connectivity index (χ2v) is 2.47. The monoisotopic (exact) mass is 174 g/mol. The van der Waals surface area contributed by atoms with Gasteiger partial charge in [0.25, 0.3) is 6.47 Å². The molecule has 1 aliphatic rings. The van der Waals surface area contributed by atoms with Crippen LogP contribution in [0.2, 0.25) is 0 Å². The van der Waals surface area contributed by atoms with Gasteiger partial charge >= 0.3 is 0 Å². The SMILES string of the molecule is C1CNCCN1.CCCOC=O. The van der Waals surface area contributed by atoms with Gasteiger partial charge in [0, 0.05) is 26.2 Å². The van der Waals surface area contributed by atoms with Crippen molar-refractivity contribution in [1.82, 2.24) is 10.6 Å². The summed E-state index contributed by atoms with van der Waals surface area (Å²) in [7, 11) is 0. The van der Waals surface area contributed by atoms with E-state index in [9.17, 15) is 4.79 Å². The van der Waals surface area contributed by atoms with Gasteiger partial charge in [0.2, 0.25) is 0 Å². The fourth-order valence-electron chi connectivity index (χ4n) is 0.770. The maximum atomic E-state index is 9.34. The molecule has 72 valence electrons. The Hall–Kier alpha value is -0.610. The molecule has 12 heavy (non-hydrogen) atoms. The number of nitrogens with one attached hydrogen (secondary N) is 2. The van der Waals surface area contributed by atoms with Crippen molar-refractivity contribution in [3.63, 3.8) is 0 Å².